The van der Waals surface area contributed by atoms with Crippen LogP contribution in [0.15, 0.2) is 53.5 Å². The molecule has 1 saturated heterocycles. The Morgan fingerprint density at radius 3 is 2.36 bits per heavy atom. The quantitative estimate of drug-likeness (QED) is 0.351. The summed E-state index contributed by atoms with van der Waals surface area (Å²) in [6, 6.07) is 16.9. The Morgan fingerprint density at radius 2 is 1.75 bits per heavy atom. The van der Waals surface area contributed by atoms with E-state index in [4.69, 9.17) is 10.5 Å². The minimum absolute atomic E-state index is 0. The van der Waals surface area contributed by atoms with Crippen molar-refractivity contribution >= 4 is 41.3 Å². The van der Waals surface area contributed by atoms with E-state index in [-0.39, 0.29) is 24.0 Å². The lowest BCUT2D eigenvalue weighted by molar-refractivity contribution is 0.122. The highest BCUT2D eigenvalue weighted by Gasteiger charge is 2.10. The zero-order chi connectivity index (χ0) is 19.1. The predicted molar refractivity (Wildman–Crippen MR) is 129 cm³/mol. The number of nitrogens with zero attached hydrogens (tertiary/aromatic N) is 2. The van der Waals surface area contributed by atoms with Crippen molar-refractivity contribution in [2.75, 3.05) is 36.5 Å². The molecule has 0 aliphatic carbocycles. The molecular weight excluding hydrogens is 463 g/mol. The number of morpholine rings is 1. The lowest BCUT2D eigenvalue weighted by atomic mass is 9.99. The van der Waals surface area contributed by atoms with Gasteiger partial charge in [0.05, 0.1) is 19.8 Å². The molecule has 1 heterocycles. The van der Waals surface area contributed by atoms with Crippen molar-refractivity contribution in [3.8, 4) is 0 Å². The summed E-state index contributed by atoms with van der Waals surface area (Å²) in [6.07, 6.45) is 1.14. The number of guanidine groups is 1. The Bertz CT molecular complexity index is 740. The van der Waals surface area contributed by atoms with Crippen LogP contribution in [-0.4, -0.2) is 32.3 Å². The Hall–Kier alpha value is -1.80. The van der Waals surface area contributed by atoms with E-state index < -0.39 is 0 Å². The third-order valence-corrected chi connectivity index (χ3v) is 5.11. The SMILES string of the molecule is CCC(C)c1ccc(NC(N)=NCc2ccc(N3CCOCC3)cc2)cc1.I. The molecule has 3 rings (SSSR count). The van der Waals surface area contributed by atoms with Gasteiger partial charge in [-0.05, 0) is 47.7 Å². The lowest BCUT2D eigenvalue weighted by Gasteiger charge is -2.28. The molecule has 0 spiro atoms. The molecule has 0 saturated carbocycles. The molecule has 0 aromatic heterocycles. The summed E-state index contributed by atoms with van der Waals surface area (Å²) in [5.74, 6) is 1.01. The highest BCUT2D eigenvalue weighted by Crippen LogP contribution is 2.20. The van der Waals surface area contributed by atoms with Gasteiger partial charge in [0, 0.05) is 24.5 Å². The maximum atomic E-state index is 6.04. The van der Waals surface area contributed by atoms with E-state index in [1.54, 1.807) is 0 Å². The smallest absolute Gasteiger partial charge is 0.193 e. The number of hydrogen-bond donors (Lipinski definition) is 2. The fourth-order valence-corrected chi connectivity index (χ4v) is 3.13. The van der Waals surface area contributed by atoms with Crippen molar-refractivity contribution in [2.45, 2.75) is 32.7 Å². The average molecular weight is 494 g/mol. The Balaban J connectivity index is 0.00000280. The summed E-state index contributed by atoms with van der Waals surface area (Å²) < 4.78 is 5.40. The van der Waals surface area contributed by atoms with Gasteiger partial charge < -0.3 is 20.7 Å². The molecule has 2 aromatic rings. The molecule has 28 heavy (non-hydrogen) atoms. The maximum absolute atomic E-state index is 6.04. The summed E-state index contributed by atoms with van der Waals surface area (Å²) in [5.41, 5.74) is 10.7. The van der Waals surface area contributed by atoms with E-state index in [2.05, 4.69) is 77.6 Å². The van der Waals surface area contributed by atoms with Crippen molar-refractivity contribution in [3.05, 3.63) is 59.7 Å². The second kappa shape index (κ2) is 11.3. The Kier molecular flexibility index (Phi) is 9.05. The molecule has 0 amide bonds. The van der Waals surface area contributed by atoms with Crippen molar-refractivity contribution in [3.63, 3.8) is 0 Å². The third kappa shape index (κ3) is 6.38. The Morgan fingerprint density at radius 1 is 1.11 bits per heavy atom. The van der Waals surface area contributed by atoms with Crippen molar-refractivity contribution in [2.24, 2.45) is 10.7 Å². The fraction of sp³-hybridized carbons (Fsp3) is 0.409. The largest absolute Gasteiger partial charge is 0.378 e. The van der Waals surface area contributed by atoms with Crippen LogP contribution in [0.5, 0.6) is 0 Å². The molecule has 1 aliphatic heterocycles. The van der Waals surface area contributed by atoms with Crippen LogP contribution in [-0.2, 0) is 11.3 Å². The minimum atomic E-state index is 0. The molecule has 5 nitrogen and oxygen atoms in total. The van der Waals surface area contributed by atoms with Crippen LogP contribution in [0, 0.1) is 0 Å². The van der Waals surface area contributed by atoms with Gasteiger partial charge in [0.15, 0.2) is 5.96 Å². The molecule has 0 radical (unpaired) electrons. The van der Waals surface area contributed by atoms with Gasteiger partial charge in [-0.15, -0.1) is 24.0 Å². The molecule has 1 aliphatic rings. The standard InChI is InChI=1S/C22H30N4O.HI/c1-3-17(2)19-6-8-20(9-7-19)25-22(23)24-16-18-4-10-21(11-5-18)26-12-14-27-15-13-26;/h4-11,17H,3,12-16H2,1-2H3,(H3,23,24,25);1H. The normalized spacial score (nSPS) is 15.6. The second-order valence-corrected chi connectivity index (χ2v) is 7.02. The number of rotatable bonds is 6. The van der Waals surface area contributed by atoms with Gasteiger partial charge in [-0.1, -0.05) is 38.1 Å². The first-order valence-corrected chi connectivity index (χ1v) is 9.74. The van der Waals surface area contributed by atoms with Crippen LogP contribution in [0.1, 0.15) is 37.3 Å². The number of hydrogen-bond acceptors (Lipinski definition) is 3. The number of nitrogens with one attached hydrogen (secondary N) is 1. The maximum Gasteiger partial charge on any atom is 0.193 e. The molecule has 152 valence electrons. The van der Waals surface area contributed by atoms with E-state index in [0.717, 1.165) is 44.0 Å². The van der Waals surface area contributed by atoms with Gasteiger partial charge in [-0.2, -0.15) is 0 Å². The van der Waals surface area contributed by atoms with Crippen LogP contribution in [0.25, 0.3) is 0 Å². The highest BCUT2D eigenvalue weighted by molar-refractivity contribution is 14.0. The minimum Gasteiger partial charge on any atom is -0.378 e. The summed E-state index contributed by atoms with van der Waals surface area (Å²) >= 11 is 0. The summed E-state index contributed by atoms with van der Waals surface area (Å²) in [5, 5.41) is 3.17. The monoisotopic (exact) mass is 494 g/mol. The second-order valence-electron chi connectivity index (χ2n) is 7.02. The van der Waals surface area contributed by atoms with Gasteiger partial charge in [-0.25, -0.2) is 4.99 Å². The molecule has 1 fully saturated rings. The number of halogens is 1. The van der Waals surface area contributed by atoms with Gasteiger partial charge in [-0.3, -0.25) is 0 Å². The van der Waals surface area contributed by atoms with Crippen molar-refractivity contribution < 1.29 is 4.74 Å². The van der Waals surface area contributed by atoms with Gasteiger partial charge in [0.1, 0.15) is 0 Å². The first kappa shape index (κ1) is 22.5. The van der Waals surface area contributed by atoms with E-state index in [1.165, 1.54) is 11.3 Å². The zero-order valence-corrected chi connectivity index (χ0v) is 19.1. The average Bonchev–Trinajstić information content (AvgIpc) is 2.73. The number of nitrogens with two attached hydrogens (primary N) is 1. The summed E-state index contributed by atoms with van der Waals surface area (Å²) in [4.78, 5) is 6.80. The third-order valence-electron chi connectivity index (χ3n) is 5.11. The summed E-state index contributed by atoms with van der Waals surface area (Å²) in [6.45, 7) is 8.50. The van der Waals surface area contributed by atoms with Crippen LogP contribution in [0.2, 0.25) is 0 Å². The number of ether oxygens (including phenoxy) is 1. The fourth-order valence-electron chi connectivity index (χ4n) is 3.13. The first-order chi connectivity index (χ1) is 13.2. The van der Waals surface area contributed by atoms with Gasteiger partial charge >= 0.3 is 0 Å². The van der Waals surface area contributed by atoms with Gasteiger partial charge in [0.25, 0.3) is 0 Å². The molecule has 6 heteroatoms. The highest BCUT2D eigenvalue weighted by atomic mass is 127. The summed E-state index contributed by atoms with van der Waals surface area (Å²) in [7, 11) is 0. The van der Waals surface area contributed by atoms with E-state index in [9.17, 15) is 0 Å². The van der Waals surface area contributed by atoms with Crippen LogP contribution >= 0.6 is 24.0 Å². The molecule has 2 aromatic carbocycles. The number of aliphatic imine (C=N–C) groups is 1. The van der Waals surface area contributed by atoms with Crippen LogP contribution < -0.4 is 16.0 Å². The van der Waals surface area contributed by atoms with Crippen LogP contribution in [0.4, 0.5) is 11.4 Å². The van der Waals surface area contributed by atoms with Crippen molar-refractivity contribution in [1.82, 2.24) is 0 Å². The van der Waals surface area contributed by atoms with Gasteiger partial charge in [0.2, 0.25) is 0 Å². The first-order valence-electron chi connectivity index (χ1n) is 9.74. The number of anilines is 2. The van der Waals surface area contributed by atoms with E-state index >= 15 is 0 Å². The molecular formula is C22H31IN4O. The van der Waals surface area contributed by atoms with E-state index in [1.807, 2.05) is 0 Å². The number of benzene rings is 2. The predicted octanol–water partition coefficient (Wildman–Crippen LogP) is 4.58. The molecule has 1 unspecified atom stereocenters. The topological polar surface area (TPSA) is 62.9 Å². The lowest BCUT2D eigenvalue weighted by Crippen LogP contribution is -2.36. The van der Waals surface area contributed by atoms with Crippen LogP contribution in [0.3, 0.4) is 0 Å². The molecule has 3 N–H and O–H groups in total. The zero-order valence-electron chi connectivity index (χ0n) is 16.7. The molecule has 1 atom stereocenters. The van der Waals surface area contributed by atoms with Crippen molar-refractivity contribution in [1.29, 1.82) is 0 Å². The van der Waals surface area contributed by atoms with E-state index in [0.29, 0.717) is 18.4 Å². The Labute approximate surface area is 185 Å². The molecule has 0 bridgehead atoms.